The molecule has 5 heteroatoms. The van der Waals surface area contributed by atoms with Gasteiger partial charge in [-0.1, -0.05) is 6.08 Å². The molecule has 0 aromatic carbocycles. The van der Waals surface area contributed by atoms with Crippen molar-refractivity contribution in [3.05, 3.63) is 23.3 Å². The molecule has 0 radical (unpaired) electrons. The van der Waals surface area contributed by atoms with Crippen LogP contribution in [0.3, 0.4) is 0 Å². The molecule has 1 amide bonds. The molecule has 0 aromatic rings. The minimum absolute atomic E-state index is 0.0469. The van der Waals surface area contributed by atoms with E-state index >= 15 is 0 Å². The number of carbonyl (C=O) groups is 1. The van der Waals surface area contributed by atoms with Gasteiger partial charge in [0.05, 0.1) is 5.03 Å². The van der Waals surface area contributed by atoms with Gasteiger partial charge in [0, 0.05) is 6.54 Å². The first kappa shape index (κ1) is 11.6. The third kappa shape index (κ3) is 3.67. The first-order valence-electron chi connectivity index (χ1n) is 3.50. The summed E-state index contributed by atoms with van der Waals surface area (Å²) >= 11 is 1.27. The van der Waals surface area contributed by atoms with Crippen LogP contribution in [0.5, 0.6) is 0 Å². The molecule has 0 rings (SSSR count). The maximum atomic E-state index is 10.8. The largest absolute Gasteiger partial charge is 0.375 e. The summed E-state index contributed by atoms with van der Waals surface area (Å²) in [5.74, 6) is -0.719. The van der Waals surface area contributed by atoms with Crippen molar-refractivity contribution in [1.82, 2.24) is 5.32 Å². The molecule has 0 saturated carbocycles. The summed E-state index contributed by atoms with van der Waals surface area (Å²) in [7, 11) is 0. The Morgan fingerprint density at radius 3 is 2.77 bits per heavy atom. The number of hydrogen-bond donors (Lipinski definition) is 2. The highest BCUT2D eigenvalue weighted by Gasteiger charge is 2.10. The molecule has 0 aromatic heterocycles. The first-order valence-corrected chi connectivity index (χ1v) is 4.72. The molecule has 0 fully saturated rings. The Hall–Kier alpha value is -1.41. The van der Waals surface area contributed by atoms with Crippen molar-refractivity contribution in [2.45, 2.75) is 0 Å². The normalized spacial score (nSPS) is 11.1. The zero-order valence-corrected chi connectivity index (χ0v) is 8.15. The Kier molecular flexibility index (Phi) is 5.48. The second kappa shape index (κ2) is 6.14. The Morgan fingerprint density at radius 2 is 2.46 bits per heavy atom. The van der Waals surface area contributed by atoms with E-state index in [0.717, 1.165) is 0 Å². The topological polar surface area (TPSA) is 78.9 Å². The van der Waals surface area contributed by atoms with Gasteiger partial charge in [0.2, 0.25) is 0 Å². The lowest BCUT2D eigenvalue weighted by Crippen LogP contribution is -2.20. The van der Waals surface area contributed by atoms with Gasteiger partial charge >= 0.3 is 0 Å². The smallest absolute Gasteiger partial charge is 0.262 e. The van der Waals surface area contributed by atoms with E-state index in [1.54, 1.807) is 18.4 Å². The van der Waals surface area contributed by atoms with Gasteiger partial charge in [-0.3, -0.25) is 4.79 Å². The van der Waals surface area contributed by atoms with E-state index in [9.17, 15) is 4.79 Å². The fourth-order valence-electron chi connectivity index (χ4n) is 0.645. The highest BCUT2D eigenvalue weighted by atomic mass is 32.2. The van der Waals surface area contributed by atoms with Crippen LogP contribution in [0.15, 0.2) is 23.3 Å². The molecule has 0 atom stereocenters. The average Bonchev–Trinajstić information content (AvgIpc) is 2.11. The number of nitrogens with zero attached hydrogens (tertiary/aromatic N) is 1. The lowest BCUT2D eigenvalue weighted by Gasteiger charge is -2.06. The Morgan fingerprint density at radius 1 is 1.85 bits per heavy atom. The number of nitrogens with one attached hydrogen (secondary N) is 1. The molecular formula is C8H11N3OS. The Balaban J connectivity index is 4.74. The van der Waals surface area contributed by atoms with Gasteiger partial charge < -0.3 is 11.1 Å². The Bertz CT molecular complexity index is 278. The predicted octanol–water partition coefficient (Wildman–Crippen LogP) is 0.345. The number of nitrogens with two attached hydrogens (primary N) is 1. The summed E-state index contributed by atoms with van der Waals surface area (Å²) < 4.78 is 0. The third-order valence-electron chi connectivity index (χ3n) is 1.20. The average molecular weight is 197 g/mol. The predicted molar refractivity (Wildman–Crippen MR) is 53.5 cm³/mol. The van der Waals surface area contributed by atoms with E-state index in [-0.39, 0.29) is 5.57 Å². The lowest BCUT2D eigenvalue weighted by atomic mass is 10.3. The van der Waals surface area contributed by atoms with Gasteiger partial charge in [-0.15, -0.1) is 18.3 Å². The van der Waals surface area contributed by atoms with Crippen LogP contribution >= 0.6 is 11.8 Å². The van der Waals surface area contributed by atoms with Crippen molar-refractivity contribution in [2.75, 3.05) is 12.8 Å². The third-order valence-corrected chi connectivity index (χ3v) is 1.95. The van der Waals surface area contributed by atoms with E-state index in [0.29, 0.717) is 11.6 Å². The monoisotopic (exact) mass is 197 g/mol. The zero-order valence-electron chi connectivity index (χ0n) is 7.33. The molecule has 0 heterocycles. The lowest BCUT2D eigenvalue weighted by molar-refractivity contribution is -0.114. The van der Waals surface area contributed by atoms with Crippen molar-refractivity contribution < 1.29 is 4.79 Å². The standard InChI is InChI=1S/C8H11N3OS/c1-3-4-11-8(13-2)6(5-9)7(10)12/h3,11H,1,4H2,2H3,(H2,10,12). The summed E-state index contributed by atoms with van der Waals surface area (Å²) in [6.07, 6.45) is 3.39. The van der Waals surface area contributed by atoms with Crippen LogP contribution in [0, 0.1) is 11.3 Å². The minimum atomic E-state index is -0.719. The van der Waals surface area contributed by atoms with Gasteiger partial charge in [-0.25, -0.2) is 0 Å². The number of thioether (sulfide) groups is 1. The van der Waals surface area contributed by atoms with E-state index in [1.165, 1.54) is 11.8 Å². The molecule has 13 heavy (non-hydrogen) atoms. The van der Waals surface area contributed by atoms with Crippen molar-refractivity contribution in [1.29, 1.82) is 5.26 Å². The fraction of sp³-hybridized carbons (Fsp3) is 0.250. The maximum Gasteiger partial charge on any atom is 0.262 e. The first-order chi connectivity index (χ1) is 6.17. The summed E-state index contributed by atoms with van der Waals surface area (Å²) in [5, 5.41) is 11.9. The maximum absolute atomic E-state index is 10.8. The second-order valence-corrected chi connectivity index (χ2v) is 2.87. The molecule has 0 spiro atoms. The number of amides is 1. The fourth-order valence-corrected chi connectivity index (χ4v) is 1.22. The van der Waals surface area contributed by atoms with Crippen LogP contribution in [0.2, 0.25) is 0 Å². The van der Waals surface area contributed by atoms with Crippen LogP contribution in [-0.2, 0) is 4.79 Å². The van der Waals surface area contributed by atoms with Crippen molar-refractivity contribution in [3.8, 4) is 6.07 Å². The molecule has 70 valence electrons. The molecular weight excluding hydrogens is 186 g/mol. The molecule has 0 aliphatic heterocycles. The van der Waals surface area contributed by atoms with Crippen LogP contribution in [0.4, 0.5) is 0 Å². The molecule has 0 bridgehead atoms. The summed E-state index contributed by atoms with van der Waals surface area (Å²) in [4.78, 5) is 10.8. The molecule has 4 nitrogen and oxygen atoms in total. The van der Waals surface area contributed by atoms with Crippen LogP contribution < -0.4 is 11.1 Å². The van der Waals surface area contributed by atoms with E-state index in [2.05, 4.69) is 11.9 Å². The molecule has 0 aliphatic rings. The number of hydrogen-bond acceptors (Lipinski definition) is 4. The Labute approximate surface area is 81.5 Å². The van der Waals surface area contributed by atoms with Gasteiger partial charge in [0.15, 0.2) is 0 Å². The van der Waals surface area contributed by atoms with E-state index in [4.69, 9.17) is 11.0 Å². The number of rotatable bonds is 5. The number of nitriles is 1. The summed E-state index contributed by atoms with van der Waals surface area (Å²) in [6.45, 7) is 4.00. The highest BCUT2D eigenvalue weighted by molar-refractivity contribution is 8.02. The van der Waals surface area contributed by atoms with Crippen molar-refractivity contribution in [3.63, 3.8) is 0 Å². The molecule has 3 N–H and O–H groups in total. The molecule has 0 saturated heterocycles. The van der Waals surface area contributed by atoms with Gasteiger partial charge in [-0.2, -0.15) is 5.26 Å². The minimum Gasteiger partial charge on any atom is -0.375 e. The van der Waals surface area contributed by atoms with Crippen LogP contribution in [-0.4, -0.2) is 18.7 Å². The van der Waals surface area contributed by atoms with Crippen molar-refractivity contribution >= 4 is 17.7 Å². The van der Waals surface area contributed by atoms with Gasteiger partial charge in [0.25, 0.3) is 5.91 Å². The molecule has 0 unspecified atom stereocenters. The number of primary amides is 1. The van der Waals surface area contributed by atoms with Gasteiger partial charge in [0.1, 0.15) is 11.6 Å². The number of carbonyl (C=O) groups excluding carboxylic acids is 1. The van der Waals surface area contributed by atoms with E-state index in [1.807, 2.05) is 0 Å². The second-order valence-electron chi connectivity index (χ2n) is 2.05. The van der Waals surface area contributed by atoms with E-state index < -0.39 is 5.91 Å². The van der Waals surface area contributed by atoms with Crippen LogP contribution in [0.25, 0.3) is 0 Å². The molecule has 0 aliphatic carbocycles. The SMILES string of the molecule is C=CCNC(SC)=C(C#N)C(N)=O. The van der Waals surface area contributed by atoms with Crippen molar-refractivity contribution in [2.24, 2.45) is 5.73 Å². The zero-order chi connectivity index (χ0) is 10.3. The summed E-state index contributed by atoms with van der Waals surface area (Å²) in [5.41, 5.74) is 4.95. The van der Waals surface area contributed by atoms with Gasteiger partial charge in [-0.05, 0) is 6.26 Å². The quantitative estimate of drug-likeness (QED) is 0.378. The van der Waals surface area contributed by atoms with Crippen LogP contribution in [0.1, 0.15) is 0 Å². The summed E-state index contributed by atoms with van der Waals surface area (Å²) in [6, 6.07) is 1.75. The highest BCUT2D eigenvalue weighted by Crippen LogP contribution is 2.12.